The first-order valence-corrected chi connectivity index (χ1v) is 20.2. The molecule has 3 aromatic carbocycles. The van der Waals surface area contributed by atoms with Gasteiger partial charge in [-0.1, -0.05) is 105 Å². The smallest absolute Gasteiger partial charge is 0.870 e. The Kier molecular flexibility index (Phi) is 25.4. The van der Waals surface area contributed by atoms with E-state index in [2.05, 4.69) is 111 Å². The van der Waals surface area contributed by atoms with Gasteiger partial charge in [0.25, 0.3) is 0 Å². The monoisotopic (exact) mass is 910 g/mol. The van der Waals surface area contributed by atoms with Crippen LogP contribution in [-0.2, 0) is 32.6 Å². The second-order valence-corrected chi connectivity index (χ2v) is 13.9. The molecule has 6 rings (SSSR count). The van der Waals surface area contributed by atoms with E-state index in [4.69, 9.17) is 14.2 Å². The Labute approximate surface area is 404 Å². The van der Waals surface area contributed by atoms with E-state index in [1.54, 1.807) is 43.7 Å². The zero-order valence-corrected chi connectivity index (χ0v) is 41.1. The van der Waals surface area contributed by atoms with Gasteiger partial charge in [0, 0.05) is 16.7 Å². The number of esters is 3. The Morgan fingerprint density at radius 3 is 1.45 bits per heavy atom. The van der Waals surface area contributed by atoms with Crippen LogP contribution >= 0.6 is 15.9 Å². The molecule has 0 fully saturated rings. The molecule has 0 spiro atoms. The van der Waals surface area contributed by atoms with Crippen LogP contribution in [0.2, 0.25) is 0 Å². The summed E-state index contributed by atoms with van der Waals surface area (Å²) in [5.41, 5.74) is 11.2. The zero-order valence-electron chi connectivity index (χ0n) is 36.4. The number of nitrogens with zero attached hydrogens (tertiary/aromatic N) is 5. The Balaban J connectivity index is 0.000000413. The molecule has 3 aromatic heterocycles. The first-order valence-electron chi connectivity index (χ1n) is 19.1. The van der Waals surface area contributed by atoms with Crippen LogP contribution in [0.5, 0.6) is 0 Å². The summed E-state index contributed by atoms with van der Waals surface area (Å²) in [6, 6.07) is 30.1. The topological polar surface area (TPSA) is 173 Å². The van der Waals surface area contributed by atoms with Gasteiger partial charge in [-0.15, -0.1) is 0 Å². The van der Waals surface area contributed by atoms with Crippen molar-refractivity contribution in [3.63, 3.8) is 0 Å². The number of aryl methyl sites for hydroxylation is 6. The number of carbonyl (C=O) groups is 3. The third kappa shape index (κ3) is 18.6. The van der Waals surface area contributed by atoms with Gasteiger partial charge >= 0.3 is 69.3 Å². The van der Waals surface area contributed by atoms with Gasteiger partial charge in [0.15, 0.2) is 11.4 Å². The molecule has 0 radical (unpaired) electrons. The van der Waals surface area contributed by atoms with E-state index in [-0.39, 0.29) is 74.8 Å². The maximum Gasteiger partial charge on any atom is 1.00 e. The van der Waals surface area contributed by atoms with Crippen molar-refractivity contribution in [2.45, 2.75) is 80.7 Å². The Morgan fingerprint density at radius 2 is 1.02 bits per heavy atom. The summed E-state index contributed by atoms with van der Waals surface area (Å²) in [5.74, 6) is -1.07. The van der Waals surface area contributed by atoms with Crippen LogP contribution in [0.1, 0.15) is 103 Å². The predicted molar refractivity (Wildman–Crippen MR) is 231 cm³/mol. The summed E-state index contributed by atoms with van der Waals surface area (Å²) in [6.07, 6.45) is 0. The number of benzene rings is 3. The maximum atomic E-state index is 11.8. The molecule has 60 heavy (non-hydrogen) atoms. The van der Waals surface area contributed by atoms with Crippen LogP contribution in [0, 0.1) is 41.5 Å². The average Bonchev–Trinajstić information content (AvgIpc) is 3.92. The van der Waals surface area contributed by atoms with Crippen LogP contribution in [0.3, 0.4) is 0 Å². The van der Waals surface area contributed by atoms with Gasteiger partial charge in [-0.25, -0.2) is 14.4 Å². The fraction of sp³-hybridized carbons (Fsp3) is 0.333. The molecule has 0 aliphatic carbocycles. The maximum absolute atomic E-state index is 11.8. The van der Waals surface area contributed by atoms with Crippen LogP contribution in [0.4, 0.5) is 0 Å². The number of H-pyrrole nitrogens is 1. The molecule has 3 heterocycles. The van der Waals surface area contributed by atoms with Crippen molar-refractivity contribution in [2.75, 3.05) is 19.8 Å². The first-order chi connectivity index (χ1) is 27.8. The number of aromatic amines is 1. The predicted octanol–water partition coefficient (Wildman–Crippen LogP) is 6.06. The van der Waals surface area contributed by atoms with Gasteiger partial charge in [0.05, 0.1) is 38.6 Å². The van der Waals surface area contributed by atoms with Crippen LogP contribution in [0.15, 0.2) is 91.0 Å². The number of hydrogen-bond donors (Lipinski definition) is 1. The molecule has 2 N–H and O–H groups in total. The van der Waals surface area contributed by atoms with E-state index in [0.29, 0.717) is 50.0 Å². The minimum absolute atomic E-state index is 0. The number of alkyl halides is 1. The molecule has 0 saturated carbocycles. The molecule has 0 saturated heterocycles. The molecular formula is C45H56BrKN6O7. The van der Waals surface area contributed by atoms with Crippen molar-refractivity contribution in [3.8, 4) is 0 Å². The van der Waals surface area contributed by atoms with Crippen molar-refractivity contribution in [1.82, 2.24) is 29.8 Å². The molecule has 316 valence electrons. The number of aromatic nitrogens is 6. The molecule has 0 atom stereocenters. The molecule has 0 unspecified atom stereocenters. The number of carbonyl (C=O) groups excluding carboxylic acids is 3. The third-order valence-electron chi connectivity index (χ3n) is 8.22. The minimum atomic E-state index is -0.378. The Morgan fingerprint density at radius 1 is 0.583 bits per heavy atom. The van der Waals surface area contributed by atoms with E-state index in [1.807, 2.05) is 44.5 Å². The van der Waals surface area contributed by atoms with Crippen molar-refractivity contribution in [2.24, 2.45) is 0 Å². The summed E-state index contributed by atoms with van der Waals surface area (Å²) in [7, 11) is 0. The average molecular weight is 912 g/mol. The summed E-state index contributed by atoms with van der Waals surface area (Å²) < 4.78 is 18.2. The van der Waals surface area contributed by atoms with E-state index in [1.165, 1.54) is 22.3 Å². The number of ether oxygens (including phenoxy) is 3. The van der Waals surface area contributed by atoms with Crippen molar-refractivity contribution < 1.29 is 85.5 Å². The zero-order chi connectivity index (χ0) is 42.6. The Bertz CT molecular complexity index is 2180. The quantitative estimate of drug-likeness (QED) is 0.0697. The SMILES string of the molecule is CCOC(=O)c1cc(C)[nH]n1.CCOC(=O)c1cc(C)n(Cc2ccc(C)cc2)n1.CCOC(=O)c1cc(C)nn1Cc1ccc(C)cc1.Cc1ccc(CBr)cc1.[K+].[OH-]. The van der Waals surface area contributed by atoms with Gasteiger partial charge < -0.3 is 19.7 Å². The van der Waals surface area contributed by atoms with E-state index in [0.717, 1.165) is 33.5 Å². The second kappa shape index (κ2) is 28.3. The number of hydrogen-bond acceptors (Lipinski definition) is 10. The van der Waals surface area contributed by atoms with E-state index < -0.39 is 0 Å². The standard InChI is InChI=1S/2C15H18N2O2.C8H9Br.C7H10N2O2.K.H2O/c1-4-19-15(18)14-9-12(3)17(16-14)10-13-7-5-11(2)6-8-13;1-4-19-15(18)14-9-12(3)16-17(14)10-13-7-5-11(2)6-8-13;1-7-2-4-8(6-9)5-3-7;1-3-11-7(10)6-4-5(2)8-9-6;;/h2*5-9H,4,10H2,1-3H3;2-5H,6H2,1H3;4H,3H2,1-2H3,(H,8,9);;1H2/q;;;;+1;/p-1. The van der Waals surface area contributed by atoms with Gasteiger partial charge in [0.1, 0.15) is 5.69 Å². The normalized spacial score (nSPS) is 9.83. The molecule has 0 aliphatic heterocycles. The van der Waals surface area contributed by atoms with Crippen LogP contribution in [0.25, 0.3) is 0 Å². The van der Waals surface area contributed by atoms with Gasteiger partial charge in [-0.3, -0.25) is 14.5 Å². The van der Waals surface area contributed by atoms with Gasteiger partial charge in [-0.2, -0.15) is 15.3 Å². The molecular weight excluding hydrogens is 856 g/mol. The number of nitrogens with one attached hydrogen (secondary N) is 1. The summed E-state index contributed by atoms with van der Waals surface area (Å²) >= 11 is 3.38. The number of halogens is 1. The van der Waals surface area contributed by atoms with E-state index in [9.17, 15) is 14.4 Å². The van der Waals surface area contributed by atoms with Crippen molar-refractivity contribution >= 4 is 33.8 Å². The molecule has 6 aromatic rings. The fourth-order valence-corrected chi connectivity index (χ4v) is 5.52. The van der Waals surface area contributed by atoms with Gasteiger partial charge in [-0.05, 0) is 97.2 Å². The molecule has 0 bridgehead atoms. The Hall–Kier alpha value is -4.22. The second-order valence-electron chi connectivity index (χ2n) is 13.3. The van der Waals surface area contributed by atoms with Crippen LogP contribution < -0.4 is 51.4 Å². The molecule has 0 aliphatic rings. The molecule has 13 nitrogen and oxygen atoms in total. The summed E-state index contributed by atoms with van der Waals surface area (Å²) in [5, 5.41) is 16.0. The largest absolute Gasteiger partial charge is 1.00 e. The van der Waals surface area contributed by atoms with Crippen molar-refractivity contribution in [3.05, 3.63) is 159 Å². The van der Waals surface area contributed by atoms with E-state index >= 15 is 0 Å². The third-order valence-corrected chi connectivity index (χ3v) is 8.87. The summed E-state index contributed by atoms with van der Waals surface area (Å²) in [4.78, 5) is 34.4. The van der Waals surface area contributed by atoms with Crippen molar-refractivity contribution in [1.29, 1.82) is 0 Å². The van der Waals surface area contributed by atoms with Gasteiger partial charge in [0.2, 0.25) is 0 Å². The number of rotatable bonds is 11. The minimum Gasteiger partial charge on any atom is -0.870 e. The molecule has 15 heteroatoms. The van der Waals surface area contributed by atoms with Crippen LogP contribution in [-0.4, -0.2) is 73.0 Å². The molecule has 0 amide bonds. The summed E-state index contributed by atoms with van der Waals surface area (Å²) in [6.45, 7) is 19.5. The fourth-order valence-electron chi connectivity index (χ4n) is 5.15. The first kappa shape index (κ1) is 53.8.